The van der Waals surface area contributed by atoms with Crippen molar-refractivity contribution in [3.63, 3.8) is 0 Å². The first-order valence-corrected chi connectivity index (χ1v) is 4.18. The zero-order valence-corrected chi connectivity index (χ0v) is 7.33. The van der Waals surface area contributed by atoms with Crippen LogP contribution in [0.15, 0.2) is 24.3 Å². The van der Waals surface area contributed by atoms with E-state index in [2.05, 4.69) is 12.1 Å². The van der Waals surface area contributed by atoms with Crippen molar-refractivity contribution in [2.75, 3.05) is 0 Å². The molecule has 1 aromatic carbocycles. The monoisotopic (exact) mass is 170 g/mol. The van der Waals surface area contributed by atoms with Crippen LogP contribution >= 0.6 is 0 Å². The third-order valence-corrected chi connectivity index (χ3v) is 1.83. The zero-order chi connectivity index (χ0) is 9.52. The minimum atomic E-state index is 0.457. The molecule has 0 saturated carbocycles. The summed E-state index contributed by atoms with van der Waals surface area (Å²) in [6.07, 6.45) is 1.81. The summed E-state index contributed by atoms with van der Waals surface area (Å²) >= 11 is 0. The second-order valence-electron chi connectivity index (χ2n) is 2.81. The normalized spacial score (nSPS) is 8.77. The molecule has 0 aliphatic carbocycles. The quantitative estimate of drug-likeness (QED) is 0.698. The fourth-order valence-electron chi connectivity index (χ4n) is 1.12. The summed E-state index contributed by atoms with van der Waals surface area (Å²) in [6, 6.07) is 12.0. The molecule has 0 aliphatic heterocycles. The summed E-state index contributed by atoms with van der Waals surface area (Å²) in [5.41, 5.74) is 2.19. The highest BCUT2D eigenvalue weighted by Crippen LogP contribution is 2.06. The fraction of sp³-hybridized carbons (Fsp3) is 0.273. The molecule has 0 spiro atoms. The van der Waals surface area contributed by atoms with Crippen molar-refractivity contribution in [1.82, 2.24) is 0 Å². The summed E-state index contributed by atoms with van der Waals surface area (Å²) in [5, 5.41) is 16.8. The largest absolute Gasteiger partial charge is 0.198 e. The Morgan fingerprint density at radius 3 is 2.08 bits per heavy atom. The number of benzene rings is 1. The molecule has 0 unspecified atom stereocenters. The van der Waals surface area contributed by atoms with Crippen molar-refractivity contribution in [2.24, 2.45) is 0 Å². The second-order valence-corrected chi connectivity index (χ2v) is 2.81. The van der Waals surface area contributed by atoms with Gasteiger partial charge in [0.2, 0.25) is 0 Å². The highest BCUT2D eigenvalue weighted by Gasteiger charge is 1.93. The van der Waals surface area contributed by atoms with E-state index in [0.717, 1.165) is 17.5 Å². The molecule has 0 fully saturated rings. The highest BCUT2D eigenvalue weighted by molar-refractivity contribution is 5.24. The molecule has 0 bridgehead atoms. The van der Waals surface area contributed by atoms with Crippen LogP contribution in [0.5, 0.6) is 0 Å². The Labute approximate surface area is 78.0 Å². The zero-order valence-electron chi connectivity index (χ0n) is 7.33. The highest BCUT2D eigenvalue weighted by atomic mass is 14.2. The van der Waals surface area contributed by atoms with Crippen molar-refractivity contribution in [3.8, 4) is 12.1 Å². The first kappa shape index (κ1) is 9.29. The van der Waals surface area contributed by atoms with E-state index in [0.29, 0.717) is 12.8 Å². The molecule has 2 heteroatoms. The van der Waals surface area contributed by atoms with Gasteiger partial charge in [-0.1, -0.05) is 24.3 Å². The maximum absolute atomic E-state index is 8.44. The smallest absolute Gasteiger partial charge is 0.0669 e. The number of nitriles is 2. The molecule has 0 radical (unpaired) electrons. The minimum Gasteiger partial charge on any atom is -0.198 e. The van der Waals surface area contributed by atoms with Crippen molar-refractivity contribution in [1.29, 1.82) is 10.5 Å². The SMILES string of the molecule is N#CCCc1ccc(CC#N)cc1. The van der Waals surface area contributed by atoms with Gasteiger partial charge in [-0.2, -0.15) is 10.5 Å². The van der Waals surface area contributed by atoms with E-state index in [1.165, 1.54) is 0 Å². The Bertz CT molecular complexity index is 338. The van der Waals surface area contributed by atoms with Crippen LogP contribution < -0.4 is 0 Å². The third-order valence-electron chi connectivity index (χ3n) is 1.83. The standard InChI is InChI=1S/C11H10N2/c12-8-1-2-10-3-5-11(6-4-10)7-9-13/h3-6H,1-2,7H2. The van der Waals surface area contributed by atoms with E-state index < -0.39 is 0 Å². The summed E-state index contributed by atoms with van der Waals surface area (Å²) in [6.45, 7) is 0. The van der Waals surface area contributed by atoms with Gasteiger partial charge in [0.05, 0.1) is 18.6 Å². The minimum absolute atomic E-state index is 0.457. The predicted octanol–water partition coefficient (Wildman–Crippen LogP) is 2.21. The molecule has 0 N–H and O–H groups in total. The van der Waals surface area contributed by atoms with Crippen LogP contribution in [-0.4, -0.2) is 0 Å². The van der Waals surface area contributed by atoms with Crippen LogP contribution in [-0.2, 0) is 12.8 Å². The van der Waals surface area contributed by atoms with Gasteiger partial charge >= 0.3 is 0 Å². The van der Waals surface area contributed by atoms with Gasteiger partial charge in [-0.15, -0.1) is 0 Å². The number of hydrogen-bond donors (Lipinski definition) is 0. The molecule has 64 valence electrons. The van der Waals surface area contributed by atoms with Crippen molar-refractivity contribution in [3.05, 3.63) is 35.4 Å². The summed E-state index contributed by atoms with van der Waals surface area (Å²) in [4.78, 5) is 0. The molecule has 0 amide bonds. The first-order valence-electron chi connectivity index (χ1n) is 4.18. The van der Waals surface area contributed by atoms with Gasteiger partial charge in [-0.3, -0.25) is 0 Å². The van der Waals surface area contributed by atoms with Crippen LogP contribution in [0, 0.1) is 22.7 Å². The maximum Gasteiger partial charge on any atom is 0.0669 e. The van der Waals surface area contributed by atoms with Crippen molar-refractivity contribution < 1.29 is 0 Å². The van der Waals surface area contributed by atoms with Gasteiger partial charge in [-0.05, 0) is 17.5 Å². The lowest BCUT2D eigenvalue weighted by atomic mass is 10.1. The molecule has 0 aromatic heterocycles. The van der Waals surface area contributed by atoms with Crippen LogP contribution in [0.3, 0.4) is 0 Å². The number of hydrogen-bond acceptors (Lipinski definition) is 2. The Morgan fingerprint density at radius 1 is 0.923 bits per heavy atom. The molecule has 0 aliphatic rings. The van der Waals surface area contributed by atoms with Gasteiger partial charge in [0.15, 0.2) is 0 Å². The molecule has 2 nitrogen and oxygen atoms in total. The number of nitrogens with zero attached hydrogens (tertiary/aromatic N) is 2. The van der Waals surface area contributed by atoms with Crippen LogP contribution in [0.1, 0.15) is 17.5 Å². The topological polar surface area (TPSA) is 47.6 Å². The molecule has 13 heavy (non-hydrogen) atoms. The van der Waals surface area contributed by atoms with E-state index in [9.17, 15) is 0 Å². The maximum atomic E-state index is 8.44. The van der Waals surface area contributed by atoms with Gasteiger partial charge in [0.1, 0.15) is 0 Å². The van der Waals surface area contributed by atoms with E-state index >= 15 is 0 Å². The number of rotatable bonds is 3. The lowest BCUT2D eigenvalue weighted by molar-refractivity contribution is 1.01. The molecular formula is C11H10N2. The van der Waals surface area contributed by atoms with Crippen molar-refractivity contribution >= 4 is 0 Å². The average Bonchev–Trinajstić information content (AvgIpc) is 2.17. The van der Waals surface area contributed by atoms with E-state index in [4.69, 9.17) is 10.5 Å². The fourth-order valence-corrected chi connectivity index (χ4v) is 1.12. The van der Waals surface area contributed by atoms with Crippen LogP contribution in [0.4, 0.5) is 0 Å². The second kappa shape index (κ2) is 4.95. The van der Waals surface area contributed by atoms with Gasteiger partial charge in [-0.25, -0.2) is 0 Å². The Balaban J connectivity index is 2.61. The Morgan fingerprint density at radius 2 is 1.54 bits per heavy atom. The van der Waals surface area contributed by atoms with E-state index in [-0.39, 0.29) is 0 Å². The van der Waals surface area contributed by atoms with E-state index in [1.54, 1.807) is 0 Å². The number of aryl methyl sites for hydroxylation is 1. The van der Waals surface area contributed by atoms with Crippen molar-refractivity contribution in [2.45, 2.75) is 19.3 Å². The third kappa shape index (κ3) is 2.97. The van der Waals surface area contributed by atoms with Gasteiger partial charge in [0, 0.05) is 6.42 Å². The van der Waals surface area contributed by atoms with Gasteiger partial charge in [0.25, 0.3) is 0 Å². The molecular weight excluding hydrogens is 160 g/mol. The molecule has 0 atom stereocenters. The lowest BCUT2D eigenvalue weighted by Gasteiger charge is -1.98. The summed E-state index contributed by atoms with van der Waals surface area (Å²) in [5.74, 6) is 0. The van der Waals surface area contributed by atoms with Crippen LogP contribution in [0.25, 0.3) is 0 Å². The Hall–Kier alpha value is -1.80. The summed E-state index contributed by atoms with van der Waals surface area (Å²) in [7, 11) is 0. The molecule has 1 rings (SSSR count). The summed E-state index contributed by atoms with van der Waals surface area (Å²) < 4.78 is 0. The van der Waals surface area contributed by atoms with E-state index in [1.807, 2.05) is 24.3 Å². The van der Waals surface area contributed by atoms with Gasteiger partial charge < -0.3 is 0 Å². The average molecular weight is 170 g/mol. The Kier molecular flexibility index (Phi) is 3.54. The first-order chi connectivity index (χ1) is 6.36. The predicted molar refractivity (Wildman–Crippen MR) is 49.7 cm³/mol. The molecule has 0 saturated heterocycles. The lowest BCUT2D eigenvalue weighted by Crippen LogP contribution is -1.85. The molecule has 0 heterocycles. The van der Waals surface area contributed by atoms with Crippen LogP contribution in [0.2, 0.25) is 0 Å². The molecule has 1 aromatic rings.